The van der Waals surface area contributed by atoms with Gasteiger partial charge in [-0.3, -0.25) is 4.79 Å². The fourth-order valence-corrected chi connectivity index (χ4v) is 8.23. The van der Waals surface area contributed by atoms with E-state index >= 15 is 0 Å². The molecule has 30 heavy (non-hydrogen) atoms. The molecule has 0 spiro atoms. The molecular weight excluding hydrogens is 370 g/mol. The number of aliphatic hydroxyl groups is 1. The molecule has 1 N–H and O–H groups in total. The summed E-state index contributed by atoms with van der Waals surface area (Å²) in [6.45, 7) is 6.92. The molecule has 8 atom stereocenters. The Morgan fingerprint density at radius 2 is 1.97 bits per heavy atom. The number of hydrogen-bond donors (Lipinski definition) is 1. The number of aryl methyl sites for hydroxylation is 1. The van der Waals surface area contributed by atoms with Crippen LogP contribution in [0.1, 0.15) is 57.1 Å². The molecule has 0 saturated heterocycles. The van der Waals surface area contributed by atoms with Crippen molar-refractivity contribution < 1.29 is 9.90 Å². The Bertz CT molecular complexity index is 877. The number of likely N-dealkylation sites (N-methyl/N-ethyl adjacent to an activating group) is 1. The number of hydrogen-bond acceptors (Lipinski definition) is 2. The lowest BCUT2D eigenvalue weighted by Gasteiger charge is -2.60. The van der Waals surface area contributed by atoms with E-state index in [1.54, 1.807) is 0 Å². The smallest absolute Gasteiger partial charge is 0.246 e. The molecule has 3 fully saturated rings. The highest BCUT2D eigenvalue weighted by atomic mass is 16.3. The summed E-state index contributed by atoms with van der Waals surface area (Å²) in [6.07, 6.45) is 10.6. The van der Waals surface area contributed by atoms with Gasteiger partial charge in [-0.15, -0.1) is 0 Å². The zero-order chi connectivity index (χ0) is 21.3. The lowest BCUT2D eigenvalue weighted by atomic mass is 9.48. The zero-order valence-corrected chi connectivity index (χ0v) is 19.0. The lowest BCUT2D eigenvalue weighted by Crippen LogP contribution is -2.59. The molecule has 3 unspecified atom stereocenters. The van der Waals surface area contributed by atoms with Crippen molar-refractivity contribution >= 4 is 5.91 Å². The number of fused-ring (bicyclic) bond motifs is 5. The minimum Gasteiger partial charge on any atom is -0.392 e. The number of aliphatic hydroxyl groups excluding tert-OH is 1. The van der Waals surface area contributed by atoms with Crippen LogP contribution >= 0.6 is 0 Å². The van der Waals surface area contributed by atoms with E-state index in [0.717, 1.165) is 25.7 Å². The van der Waals surface area contributed by atoms with E-state index in [-0.39, 0.29) is 22.8 Å². The maximum Gasteiger partial charge on any atom is 0.246 e. The molecule has 3 aliphatic carbocycles. The molecule has 5 rings (SSSR count). The first-order valence-electron chi connectivity index (χ1n) is 11.9. The van der Waals surface area contributed by atoms with Crippen molar-refractivity contribution in [1.82, 2.24) is 4.90 Å². The Morgan fingerprint density at radius 3 is 2.73 bits per heavy atom. The van der Waals surface area contributed by atoms with E-state index in [1.807, 2.05) is 18.0 Å². The number of carbonyl (C=O) groups excluding carboxylic acids is 1. The third kappa shape index (κ3) is 2.84. The highest BCUT2D eigenvalue weighted by Gasteiger charge is 2.62. The number of benzene rings is 1. The predicted octanol–water partition coefficient (Wildman–Crippen LogP) is 4.76. The monoisotopic (exact) mass is 407 g/mol. The minimum atomic E-state index is -0.208. The van der Waals surface area contributed by atoms with Crippen LogP contribution in [0.5, 0.6) is 0 Å². The third-order valence-electron chi connectivity index (χ3n) is 9.82. The Balaban J connectivity index is 1.42. The summed E-state index contributed by atoms with van der Waals surface area (Å²) < 4.78 is 0. The molecule has 4 aliphatic rings. The average molecular weight is 408 g/mol. The molecule has 1 aliphatic heterocycles. The zero-order valence-electron chi connectivity index (χ0n) is 19.0. The first-order chi connectivity index (χ1) is 14.2. The standard InChI is InChI=1S/C27H37NO2/c1-17-6-5-7-18(14-17)15-19-16-22-20-8-9-23-26(2,13-11-24(29)28(23)4)21(20)10-12-27(22,3)25(19)30/h5-7,11,13-14,19-23,25,30H,8-10,12,15-16H2,1-4H3/t19?,20-,21-,22+,23?,25?,26-,27+/m1/s1. The summed E-state index contributed by atoms with van der Waals surface area (Å²) in [7, 11) is 1.99. The van der Waals surface area contributed by atoms with Crippen LogP contribution in [0.25, 0.3) is 0 Å². The largest absolute Gasteiger partial charge is 0.392 e. The second-order valence-electron chi connectivity index (χ2n) is 11.3. The molecule has 1 aromatic carbocycles. The summed E-state index contributed by atoms with van der Waals surface area (Å²) in [6, 6.07) is 9.13. The summed E-state index contributed by atoms with van der Waals surface area (Å²) in [5, 5.41) is 11.5. The Kier molecular flexibility index (Phi) is 4.70. The van der Waals surface area contributed by atoms with Crippen molar-refractivity contribution in [3.8, 4) is 0 Å². The van der Waals surface area contributed by atoms with Crippen molar-refractivity contribution in [2.45, 2.75) is 71.4 Å². The van der Waals surface area contributed by atoms with Crippen molar-refractivity contribution in [3.05, 3.63) is 47.5 Å². The maximum atomic E-state index is 12.3. The van der Waals surface area contributed by atoms with Crippen molar-refractivity contribution in [2.24, 2.45) is 34.5 Å². The van der Waals surface area contributed by atoms with Crippen LogP contribution in [-0.4, -0.2) is 35.1 Å². The van der Waals surface area contributed by atoms with Gasteiger partial charge in [-0.2, -0.15) is 0 Å². The van der Waals surface area contributed by atoms with Crippen LogP contribution in [0.15, 0.2) is 36.4 Å². The van der Waals surface area contributed by atoms with Gasteiger partial charge < -0.3 is 10.0 Å². The van der Waals surface area contributed by atoms with Gasteiger partial charge in [0.2, 0.25) is 5.91 Å². The lowest BCUT2D eigenvalue weighted by molar-refractivity contribution is -0.140. The summed E-state index contributed by atoms with van der Waals surface area (Å²) in [4.78, 5) is 14.3. The number of carbonyl (C=O) groups is 1. The number of rotatable bonds is 2. The van der Waals surface area contributed by atoms with Crippen LogP contribution in [0.3, 0.4) is 0 Å². The predicted molar refractivity (Wildman–Crippen MR) is 120 cm³/mol. The quantitative estimate of drug-likeness (QED) is 0.768. The fourth-order valence-electron chi connectivity index (χ4n) is 8.23. The van der Waals surface area contributed by atoms with E-state index in [0.29, 0.717) is 29.7 Å². The summed E-state index contributed by atoms with van der Waals surface area (Å²) in [5.41, 5.74) is 2.78. The van der Waals surface area contributed by atoms with E-state index in [4.69, 9.17) is 0 Å². The average Bonchev–Trinajstić information content (AvgIpc) is 2.96. The molecule has 3 heteroatoms. The van der Waals surface area contributed by atoms with Crippen molar-refractivity contribution in [2.75, 3.05) is 7.05 Å². The topological polar surface area (TPSA) is 40.5 Å². The molecule has 0 aromatic heterocycles. The second-order valence-corrected chi connectivity index (χ2v) is 11.3. The molecule has 162 valence electrons. The van der Waals surface area contributed by atoms with Gasteiger partial charge in [0.1, 0.15) is 0 Å². The van der Waals surface area contributed by atoms with Crippen LogP contribution in [0.4, 0.5) is 0 Å². The van der Waals surface area contributed by atoms with E-state index in [1.165, 1.54) is 24.0 Å². The third-order valence-corrected chi connectivity index (χ3v) is 9.82. The van der Waals surface area contributed by atoms with Gasteiger partial charge in [0.25, 0.3) is 0 Å². The Labute approximate surface area is 181 Å². The number of nitrogens with zero attached hydrogens (tertiary/aromatic N) is 1. The maximum absolute atomic E-state index is 12.3. The molecule has 1 heterocycles. The SMILES string of the molecule is Cc1cccc(CC2C[C@H]3[C@@H]4CCC5N(C)C(=O)C=C[C@]5(C)[C@@H]4CC[C@]3(C)C2O)c1. The molecule has 1 aromatic rings. The molecule has 0 bridgehead atoms. The van der Waals surface area contributed by atoms with Gasteiger partial charge in [0.15, 0.2) is 0 Å². The molecule has 3 nitrogen and oxygen atoms in total. The van der Waals surface area contributed by atoms with Gasteiger partial charge in [0.05, 0.1) is 6.10 Å². The molecule has 0 radical (unpaired) electrons. The summed E-state index contributed by atoms with van der Waals surface area (Å²) in [5.74, 6) is 2.39. The van der Waals surface area contributed by atoms with E-state index < -0.39 is 0 Å². The van der Waals surface area contributed by atoms with Crippen molar-refractivity contribution in [3.63, 3.8) is 0 Å². The normalized spacial score (nSPS) is 45.1. The van der Waals surface area contributed by atoms with Crippen LogP contribution in [0.2, 0.25) is 0 Å². The fraction of sp³-hybridized carbons (Fsp3) is 0.667. The second kappa shape index (κ2) is 6.95. The van der Waals surface area contributed by atoms with E-state index in [9.17, 15) is 9.90 Å². The molecule has 1 amide bonds. The van der Waals surface area contributed by atoms with Gasteiger partial charge in [-0.1, -0.05) is 49.8 Å². The highest BCUT2D eigenvalue weighted by Crippen LogP contribution is 2.65. The Morgan fingerprint density at radius 1 is 1.17 bits per heavy atom. The van der Waals surface area contributed by atoms with Crippen molar-refractivity contribution in [1.29, 1.82) is 0 Å². The molecular formula is C27H37NO2. The van der Waals surface area contributed by atoms with Gasteiger partial charge in [-0.25, -0.2) is 0 Å². The highest BCUT2D eigenvalue weighted by molar-refractivity contribution is 5.89. The molecule has 3 saturated carbocycles. The first-order valence-corrected chi connectivity index (χ1v) is 11.9. The van der Waals surface area contributed by atoms with Crippen LogP contribution < -0.4 is 0 Å². The van der Waals surface area contributed by atoms with Crippen LogP contribution in [-0.2, 0) is 11.2 Å². The first kappa shape index (κ1) is 20.3. The van der Waals surface area contributed by atoms with Gasteiger partial charge in [0, 0.05) is 18.5 Å². The van der Waals surface area contributed by atoms with Crippen LogP contribution in [0, 0.1) is 41.4 Å². The number of amides is 1. The summed E-state index contributed by atoms with van der Waals surface area (Å²) >= 11 is 0. The van der Waals surface area contributed by atoms with E-state index in [2.05, 4.69) is 51.1 Å². The minimum absolute atomic E-state index is 0.0406. The Hall–Kier alpha value is -1.61. The van der Waals surface area contributed by atoms with Gasteiger partial charge >= 0.3 is 0 Å². The van der Waals surface area contributed by atoms with Gasteiger partial charge in [-0.05, 0) is 86.2 Å².